The number of quaternary nitrogens is 1. The first-order valence-corrected chi connectivity index (χ1v) is 5.62. The van der Waals surface area contributed by atoms with E-state index in [0.29, 0.717) is 5.70 Å². The molecule has 2 heterocycles. The van der Waals surface area contributed by atoms with Crippen molar-refractivity contribution in [3.63, 3.8) is 0 Å². The number of hydrogen-bond donors (Lipinski definition) is 2. The van der Waals surface area contributed by atoms with Gasteiger partial charge in [-0.2, -0.15) is 0 Å². The zero-order valence-electron chi connectivity index (χ0n) is 10.5. The largest absolute Gasteiger partial charge is 1.00 e. The first-order chi connectivity index (χ1) is 8.18. The van der Waals surface area contributed by atoms with Crippen molar-refractivity contribution in [1.82, 2.24) is 0 Å². The van der Waals surface area contributed by atoms with E-state index in [0.717, 1.165) is 23.6 Å². The third-order valence-corrected chi connectivity index (χ3v) is 2.94. The summed E-state index contributed by atoms with van der Waals surface area (Å²) in [7, 11) is 0. The molecule has 0 aliphatic carbocycles. The van der Waals surface area contributed by atoms with E-state index < -0.39 is 0 Å². The molecular weight excluding hydrogens is 376 g/mol. The Bertz CT molecular complexity index is 487. The molecule has 1 aromatic rings. The second-order valence-corrected chi connectivity index (χ2v) is 4.08. The first kappa shape index (κ1) is 18.0. The Morgan fingerprint density at radius 3 is 2.68 bits per heavy atom. The summed E-state index contributed by atoms with van der Waals surface area (Å²) in [5.41, 5.74) is 1.83. The minimum atomic E-state index is -0.308. The normalized spacial score (nSPS) is 17.7. The third-order valence-electron chi connectivity index (χ3n) is 2.94. The fourth-order valence-electron chi connectivity index (χ4n) is 1.84. The van der Waals surface area contributed by atoms with Crippen LogP contribution in [0.2, 0.25) is 0 Å². The first-order valence-electron chi connectivity index (χ1n) is 5.62. The molecule has 0 saturated heterocycles. The van der Waals surface area contributed by atoms with E-state index in [-0.39, 0.29) is 45.5 Å². The number of aliphatic hydroxyl groups is 1. The molecule has 104 valence electrons. The van der Waals surface area contributed by atoms with Crippen molar-refractivity contribution in [2.24, 2.45) is 0 Å². The highest BCUT2D eigenvalue weighted by atomic mass is 79.9. The highest BCUT2D eigenvalue weighted by molar-refractivity contribution is 6.02. The van der Waals surface area contributed by atoms with E-state index in [4.69, 9.17) is 0 Å². The van der Waals surface area contributed by atoms with Crippen molar-refractivity contribution < 1.29 is 53.7 Å². The Balaban J connectivity index is 0.00000162. The minimum Gasteiger partial charge on any atom is -1.00 e. The molecule has 0 fully saturated rings. The summed E-state index contributed by atoms with van der Waals surface area (Å²) in [4.78, 5) is 15.4. The van der Waals surface area contributed by atoms with Gasteiger partial charge in [0.25, 0.3) is 0 Å². The maximum absolute atomic E-state index is 11.2. The molecular formula is C13H16Br2N2O2. The van der Waals surface area contributed by atoms with Crippen LogP contribution < -0.4 is 43.8 Å². The number of ketones is 1. The highest BCUT2D eigenvalue weighted by Gasteiger charge is 2.23. The van der Waals surface area contributed by atoms with Crippen LogP contribution in [0.3, 0.4) is 0 Å². The van der Waals surface area contributed by atoms with E-state index in [1.165, 1.54) is 6.08 Å². The highest BCUT2D eigenvalue weighted by Crippen LogP contribution is 2.00. The zero-order valence-corrected chi connectivity index (χ0v) is 13.7. The average Bonchev–Trinajstić information content (AvgIpc) is 2.36. The average molecular weight is 392 g/mol. The molecule has 1 aliphatic heterocycles. The summed E-state index contributed by atoms with van der Waals surface area (Å²) in [5, 5.41) is 9.56. The molecule has 0 spiro atoms. The standard InChI is InChI=1S/C13H14N2O2.2BrH/c1-10-13(17)12(16)6-9-15(10)8-5-11-4-2-3-7-14-11;;/h2-4,6-7,9,17H,5,8H2,1H3;2*1H. The number of pyridine rings is 1. The number of aromatic amines is 1. The van der Waals surface area contributed by atoms with Crippen LogP contribution in [-0.4, -0.2) is 17.4 Å². The number of carbonyl (C=O) groups is 1. The molecule has 4 nitrogen and oxygen atoms in total. The van der Waals surface area contributed by atoms with E-state index in [1.807, 2.05) is 24.4 Å². The molecule has 0 radical (unpaired) electrons. The molecule has 3 N–H and O–H groups in total. The number of halogens is 2. The summed E-state index contributed by atoms with van der Waals surface area (Å²) >= 11 is 0. The van der Waals surface area contributed by atoms with Gasteiger partial charge < -0.3 is 39.1 Å². The van der Waals surface area contributed by atoms with Crippen LogP contribution in [0.1, 0.15) is 12.6 Å². The van der Waals surface area contributed by atoms with Crippen LogP contribution in [-0.2, 0) is 11.2 Å². The Labute approximate surface area is 133 Å². The zero-order chi connectivity index (χ0) is 12.3. The van der Waals surface area contributed by atoms with Gasteiger partial charge in [0.1, 0.15) is 6.20 Å². The van der Waals surface area contributed by atoms with Gasteiger partial charge in [0, 0.05) is 25.1 Å². The maximum Gasteiger partial charge on any atom is 0.231 e. The molecule has 1 unspecified atom stereocenters. The second kappa shape index (κ2) is 8.24. The smallest absolute Gasteiger partial charge is 0.231 e. The molecule has 0 saturated carbocycles. The van der Waals surface area contributed by atoms with Crippen LogP contribution >= 0.6 is 0 Å². The lowest BCUT2D eigenvalue weighted by molar-refractivity contribution is -0.807. The lowest BCUT2D eigenvalue weighted by Crippen LogP contribution is -3.06. The van der Waals surface area contributed by atoms with Crippen molar-refractivity contribution in [1.29, 1.82) is 0 Å². The second-order valence-electron chi connectivity index (χ2n) is 4.08. The number of nitrogens with one attached hydrogen (secondary N) is 2. The van der Waals surface area contributed by atoms with Crippen LogP contribution in [0.5, 0.6) is 0 Å². The summed E-state index contributed by atoms with van der Waals surface area (Å²) in [6.07, 6.45) is 5.96. The molecule has 1 atom stereocenters. The minimum absolute atomic E-state index is 0. The molecule has 0 aromatic carbocycles. The number of hydrogen-bond acceptors (Lipinski definition) is 2. The summed E-state index contributed by atoms with van der Waals surface area (Å²) in [6, 6.07) is 5.95. The van der Waals surface area contributed by atoms with Gasteiger partial charge >= 0.3 is 0 Å². The van der Waals surface area contributed by atoms with E-state index in [1.54, 1.807) is 13.1 Å². The predicted octanol–water partition coefficient (Wildman–Crippen LogP) is -6.18. The number of allylic oxidation sites excluding steroid dienone is 2. The molecule has 19 heavy (non-hydrogen) atoms. The van der Waals surface area contributed by atoms with Crippen molar-refractivity contribution in [2.75, 3.05) is 6.54 Å². The van der Waals surface area contributed by atoms with Crippen LogP contribution in [0.25, 0.3) is 0 Å². The molecule has 0 bridgehead atoms. The predicted molar refractivity (Wildman–Crippen MR) is 62.0 cm³/mol. The van der Waals surface area contributed by atoms with Crippen LogP contribution in [0, 0.1) is 0 Å². The molecule has 1 aliphatic rings. The summed E-state index contributed by atoms with van der Waals surface area (Å²) in [6.45, 7) is 2.58. The van der Waals surface area contributed by atoms with E-state index in [2.05, 4.69) is 4.98 Å². The molecule has 2 rings (SSSR count). The van der Waals surface area contributed by atoms with E-state index in [9.17, 15) is 9.90 Å². The SMILES string of the molecule is CC1=C(O)C(=O)C=C[NH+]1CCc1cccc[nH+]1.[Br-].[Br-]. The number of rotatable bonds is 3. The molecule has 1 aromatic heterocycles. The van der Waals surface area contributed by atoms with Gasteiger partial charge in [-0.1, -0.05) is 6.07 Å². The number of H-pyrrole nitrogens is 1. The van der Waals surface area contributed by atoms with Gasteiger partial charge in [0.05, 0.1) is 13.0 Å². The Hall–Kier alpha value is -0.980. The third kappa shape index (κ3) is 4.56. The summed E-state index contributed by atoms with van der Waals surface area (Å²) in [5.74, 6) is -0.433. The van der Waals surface area contributed by atoms with E-state index >= 15 is 0 Å². The van der Waals surface area contributed by atoms with Crippen molar-refractivity contribution in [3.8, 4) is 0 Å². The van der Waals surface area contributed by atoms with Gasteiger partial charge in [-0.05, 0) is 0 Å². The quantitative estimate of drug-likeness (QED) is 0.538. The fraction of sp³-hybridized carbons (Fsp3) is 0.231. The van der Waals surface area contributed by atoms with Gasteiger partial charge in [-0.15, -0.1) is 0 Å². The van der Waals surface area contributed by atoms with Crippen molar-refractivity contribution in [2.45, 2.75) is 13.3 Å². The lowest BCUT2D eigenvalue weighted by Gasteiger charge is -2.17. The number of aliphatic hydroxyl groups excluding tert-OH is 1. The molecule has 0 amide bonds. The Morgan fingerprint density at radius 2 is 2.05 bits per heavy atom. The van der Waals surface area contributed by atoms with Crippen LogP contribution in [0.15, 0.2) is 48.1 Å². The Kier molecular flexibility index (Phi) is 7.82. The number of carbonyl (C=O) groups excluding carboxylic acids is 1. The van der Waals surface area contributed by atoms with Crippen molar-refractivity contribution >= 4 is 5.78 Å². The topological polar surface area (TPSA) is 55.9 Å². The molecule has 6 heteroatoms. The lowest BCUT2D eigenvalue weighted by atomic mass is 10.2. The van der Waals surface area contributed by atoms with Crippen LogP contribution in [0.4, 0.5) is 0 Å². The summed E-state index contributed by atoms with van der Waals surface area (Å²) < 4.78 is 0. The van der Waals surface area contributed by atoms with Gasteiger partial charge in [-0.3, -0.25) is 9.69 Å². The van der Waals surface area contributed by atoms with Gasteiger partial charge in [0.2, 0.25) is 11.5 Å². The maximum atomic E-state index is 11.2. The monoisotopic (exact) mass is 390 g/mol. The van der Waals surface area contributed by atoms with Crippen molar-refractivity contribution in [3.05, 3.63) is 53.8 Å². The van der Waals surface area contributed by atoms with Gasteiger partial charge in [0.15, 0.2) is 17.6 Å². The fourth-order valence-corrected chi connectivity index (χ4v) is 1.84. The van der Waals surface area contributed by atoms with Gasteiger partial charge in [-0.25, -0.2) is 4.98 Å². The Morgan fingerprint density at radius 1 is 1.32 bits per heavy atom. The number of aromatic nitrogens is 1.